The monoisotopic (exact) mass is 313 g/mol. The van der Waals surface area contributed by atoms with E-state index in [1.54, 1.807) is 11.3 Å². The molecule has 1 fully saturated rings. The van der Waals surface area contributed by atoms with E-state index in [9.17, 15) is 4.79 Å². The fraction of sp³-hybridized carbons (Fsp3) is 0.389. The first-order chi connectivity index (χ1) is 10.8. The van der Waals surface area contributed by atoms with Gasteiger partial charge in [-0.2, -0.15) is 0 Å². The van der Waals surface area contributed by atoms with E-state index in [2.05, 4.69) is 29.6 Å². The predicted molar refractivity (Wildman–Crippen MR) is 87.4 cm³/mol. The molecule has 22 heavy (non-hydrogen) atoms. The number of carbonyl (C=O) groups excluding carboxylic acids is 1. The second-order valence-electron chi connectivity index (χ2n) is 6.05. The molecule has 0 radical (unpaired) electrons. The lowest BCUT2D eigenvalue weighted by Crippen LogP contribution is -2.34. The van der Waals surface area contributed by atoms with Gasteiger partial charge < -0.3 is 10.1 Å². The van der Waals surface area contributed by atoms with Crippen LogP contribution >= 0.6 is 11.3 Å². The highest BCUT2D eigenvalue weighted by Crippen LogP contribution is 2.33. The molecule has 2 aromatic rings. The molecule has 1 N–H and O–H groups in total. The van der Waals surface area contributed by atoms with Gasteiger partial charge in [-0.3, -0.25) is 4.79 Å². The van der Waals surface area contributed by atoms with Crippen molar-refractivity contribution in [2.24, 2.45) is 0 Å². The summed E-state index contributed by atoms with van der Waals surface area (Å²) in [4.78, 5) is 14.4. The van der Waals surface area contributed by atoms with Crippen molar-refractivity contribution in [3.63, 3.8) is 0 Å². The van der Waals surface area contributed by atoms with Gasteiger partial charge in [0.1, 0.15) is 0 Å². The Balaban J connectivity index is 1.41. The van der Waals surface area contributed by atoms with Gasteiger partial charge in [0.25, 0.3) is 5.91 Å². The van der Waals surface area contributed by atoms with E-state index in [0.29, 0.717) is 0 Å². The van der Waals surface area contributed by atoms with E-state index in [-0.39, 0.29) is 18.1 Å². The van der Waals surface area contributed by atoms with E-state index in [4.69, 9.17) is 4.74 Å². The summed E-state index contributed by atoms with van der Waals surface area (Å²) in [5, 5.41) is 3.18. The zero-order chi connectivity index (χ0) is 14.9. The van der Waals surface area contributed by atoms with Gasteiger partial charge in [-0.25, -0.2) is 0 Å². The average molecular weight is 313 g/mol. The van der Waals surface area contributed by atoms with E-state index >= 15 is 0 Å². The number of carbonyl (C=O) groups is 1. The van der Waals surface area contributed by atoms with E-state index in [1.807, 2.05) is 12.1 Å². The second kappa shape index (κ2) is 5.86. The fourth-order valence-corrected chi connectivity index (χ4v) is 4.36. The molecule has 1 unspecified atom stereocenters. The van der Waals surface area contributed by atoms with Crippen LogP contribution in [0.3, 0.4) is 0 Å². The summed E-state index contributed by atoms with van der Waals surface area (Å²) >= 11 is 1.57. The summed E-state index contributed by atoms with van der Waals surface area (Å²) in [6, 6.07) is 12.6. The Morgan fingerprint density at radius 2 is 1.91 bits per heavy atom. The van der Waals surface area contributed by atoms with Crippen molar-refractivity contribution in [1.29, 1.82) is 0 Å². The number of nitrogens with one attached hydrogen (secondary N) is 1. The largest absolute Gasteiger partial charge is 0.373 e. The summed E-state index contributed by atoms with van der Waals surface area (Å²) in [5.41, 5.74) is 2.72. The highest BCUT2D eigenvalue weighted by molar-refractivity contribution is 7.14. The topological polar surface area (TPSA) is 38.3 Å². The summed E-state index contributed by atoms with van der Waals surface area (Å²) < 4.78 is 5.69. The van der Waals surface area contributed by atoms with Gasteiger partial charge >= 0.3 is 0 Å². The molecule has 0 saturated carbocycles. The lowest BCUT2D eigenvalue weighted by molar-refractivity contribution is 0.0942. The maximum atomic E-state index is 12.4. The summed E-state index contributed by atoms with van der Waals surface area (Å²) in [5.74, 6) is 0.0482. The van der Waals surface area contributed by atoms with Crippen molar-refractivity contribution in [3.05, 3.63) is 57.3 Å². The molecule has 4 rings (SSSR count). The molecule has 1 aromatic heterocycles. The Labute approximate surface area is 134 Å². The van der Waals surface area contributed by atoms with Crippen LogP contribution in [0.25, 0.3) is 0 Å². The van der Waals surface area contributed by atoms with Crippen LogP contribution in [0.5, 0.6) is 0 Å². The Hall–Kier alpha value is -1.65. The van der Waals surface area contributed by atoms with E-state index < -0.39 is 0 Å². The van der Waals surface area contributed by atoms with Crippen molar-refractivity contribution >= 4 is 17.2 Å². The zero-order valence-corrected chi connectivity index (χ0v) is 13.2. The van der Waals surface area contributed by atoms with Crippen molar-refractivity contribution in [2.45, 2.75) is 37.8 Å². The molecular formula is C18H19NO2S. The first-order valence-electron chi connectivity index (χ1n) is 7.88. The number of rotatable bonds is 3. The highest BCUT2D eigenvalue weighted by atomic mass is 32.1. The van der Waals surface area contributed by atoms with E-state index in [0.717, 1.165) is 37.2 Å². The number of benzene rings is 1. The molecule has 1 aliphatic heterocycles. The smallest absolute Gasteiger partial charge is 0.261 e. The van der Waals surface area contributed by atoms with Crippen LogP contribution in [0.15, 0.2) is 36.4 Å². The van der Waals surface area contributed by atoms with Crippen LogP contribution in [0, 0.1) is 0 Å². The number of hydrogen-bond acceptors (Lipinski definition) is 3. The minimum Gasteiger partial charge on any atom is -0.373 e. The second-order valence-corrected chi connectivity index (χ2v) is 7.17. The molecule has 4 heteroatoms. The average Bonchev–Trinajstić information content (AvgIpc) is 3.26. The maximum absolute atomic E-state index is 12.4. The number of ether oxygens (including phenoxy) is 1. The van der Waals surface area contributed by atoms with Crippen molar-refractivity contribution < 1.29 is 9.53 Å². The molecule has 0 bridgehead atoms. The van der Waals surface area contributed by atoms with E-state index in [1.165, 1.54) is 16.0 Å². The van der Waals surface area contributed by atoms with Crippen LogP contribution in [0.4, 0.5) is 0 Å². The molecule has 2 heterocycles. The summed E-state index contributed by atoms with van der Waals surface area (Å²) in [6.07, 6.45) is 4.25. The van der Waals surface area contributed by atoms with Crippen LogP contribution in [-0.4, -0.2) is 18.6 Å². The number of hydrogen-bond donors (Lipinski definition) is 1. The van der Waals surface area contributed by atoms with Crippen molar-refractivity contribution in [3.8, 4) is 0 Å². The molecule has 1 amide bonds. The van der Waals surface area contributed by atoms with Crippen LogP contribution in [-0.2, 0) is 17.6 Å². The number of amides is 1. The molecule has 1 aliphatic carbocycles. The molecule has 1 aromatic carbocycles. The highest BCUT2D eigenvalue weighted by Gasteiger charge is 2.25. The van der Waals surface area contributed by atoms with Gasteiger partial charge in [0.15, 0.2) is 0 Å². The summed E-state index contributed by atoms with van der Waals surface area (Å²) in [7, 11) is 0. The van der Waals surface area contributed by atoms with Gasteiger partial charge in [-0.15, -0.1) is 11.3 Å². The Kier molecular flexibility index (Phi) is 3.72. The minimum atomic E-state index is 0.0482. The fourth-order valence-electron chi connectivity index (χ4n) is 3.37. The SMILES string of the molecule is O=C(NC1Cc2ccccc2C1)c1ccc(C2CCCO2)s1. The molecule has 1 atom stereocenters. The lowest BCUT2D eigenvalue weighted by atomic mass is 10.1. The quantitative estimate of drug-likeness (QED) is 0.942. The molecule has 3 nitrogen and oxygen atoms in total. The Morgan fingerprint density at radius 3 is 2.59 bits per heavy atom. The van der Waals surface area contributed by atoms with Gasteiger partial charge in [0, 0.05) is 17.5 Å². The van der Waals surface area contributed by atoms with Gasteiger partial charge in [-0.05, 0) is 48.9 Å². The first kappa shape index (κ1) is 14.0. The lowest BCUT2D eigenvalue weighted by Gasteiger charge is -2.11. The third-order valence-corrected chi connectivity index (χ3v) is 5.66. The zero-order valence-electron chi connectivity index (χ0n) is 12.4. The standard InChI is InChI=1S/C18H19NO2S/c20-18(17-8-7-16(22-17)15-6-3-9-21-15)19-14-10-12-4-1-2-5-13(12)11-14/h1-2,4-5,7-8,14-15H,3,6,9-11H2,(H,19,20). The van der Waals surface area contributed by atoms with Crippen LogP contribution in [0.2, 0.25) is 0 Å². The third-order valence-electron chi connectivity index (χ3n) is 4.48. The first-order valence-corrected chi connectivity index (χ1v) is 8.70. The Bertz CT molecular complexity index is 663. The van der Waals surface area contributed by atoms with Gasteiger partial charge in [0.05, 0.1) is 11.0 Å². The molecule has 114 valence electrons. The Morgan fingerprint density at radius 1 is 1.14 bits per heavy atom. The molecule has 0 spiro atoms. The molecule has 2 aliphatic rings. The van der Waals surface area contributed by atoms with Crippen molar-refractivity contribution in [2.75, 3.05) is 6.61 Å². The molecular weight excluding hydrogens is 294 g/mol. The van der Waals surface area contributed by atoms with Crippen LogP contribution in [0.1, 0.15) is 44.6 Å². The van der Waals surface area contributed by atoms with Gasteiger partial charge in [-0.1, -0.05) is 24.3 Å². The third kappa shape index (κ3) is 2.69. The van der Waals surface area contributed by atoms with Crippen LogP contribution < -0.4 is 5.32 Å². The molecule has 1 saturated heterocycles. The van der Waals surface area contributed by atoms with Crippen molar-refractivity contribution in [1.82, 2.24) is 5.32 Å². The maximum Gasteiger partial charge on any atom is 0.261 e. The predicted octanol–water partition coefficient (Wildman–Crippen LogP) is 3.50. The number of thiophene rings is 1. The van der Waals surface area contributed by atoms with Gasteiger partial charge in [0.2, 0.25) is 0 Å². The minimum absolute atomic E-state index is 0.0482. The summed E-state index contributed by atoms with van der Waals surface area (Å²) in [6.45, 7) is 0.838. The number of fused-ring (bicyclic) bond motifs is 1. The normalized spacial score (nSPS) is 21.0.